The van der Waals surface area contributed by atoms with Crippen LogP contribution in [0.1, 0.15) is 11.1 Å². The Bertz CT molecular complexity index is 580. The van der Waals surface area contributed by atoms with Crippen molar-refractivity contribution >= 4 is 36.4 Å². The van der Waals surface area contributed by atoms with Crippen LogP contribution in [-0.2, 0) is 13.2 Å². The highest BCUT2D eigenvalue weighted by molar-refractivity contribution is 6.30. The van der Waals surface area contributed by atoms with Crippen LogP contribution in [0.15, 0.2) is 48.5 Å². The average molecular weight is 392 g/mol. The van der Waals surface area contributed by atoms with Gasteiger partial charge in [0, 0.05) is 30.2 Å². The van der Waals surface area contributed by atoms with Crippen molar-refractivity contribution in [3.8, 4) is 5.75 Å². The highest BCUT2D eigenvalue weighted by Gasteiger charge is 2.05. The number of likely N-dealkylation sites (N-methyl/N-ethyl adjacent to an activating group) is 1. The van der Waals surface area contributed by atoms with Crippen LogP contribution in [0.4, 0.5) is 0 Å². The van der Waals surface area contributed by atoms with E-state index in [1.165, 1.54) is 0 Å². The number of ether oxygens (including phenoxy) is 1. The number of benzene rings is 2. The molecule has 0 aromatic heterocycles. The second kappa shape index (κ2) is 12.4. The van der Waals surface area contributed by atoms with Gasteiger partial charge in [-0.15, -0.1) is 24.8 Å². The topological polar surface area (TPSA) is 24.5 Å². The van der Waals surface area contributed by atoms with Crippen LogP contribution in [0, 0.1) is 0 Å². The minimum absolute atomic E-state index is 0. The molecule has 0 radical (unpaired) electrons. The van der Waals surface area contributed by atoms with E-state index in [0.29, 0.717) is 6.61 Å². The lowest BCUT2D eigenvalue weighted by Crippen LogP contribution is -2.26. The fraction of sp³-hybridized carbons (Fsp3) is 0.333. The first kappa shape index (κ1) is 23.0. The second-order valence-electron chi connectivity index (χ2n) is 5.51. The van der Waals surface area contributed by atoms with Crippen molar-refractivity contribution in [1.29, 1.82) is 0 Å². The van der Waals surface area contributed by atoms with Crippen molar-refractivity contribution in [2.45, 2.75) is 13.2 Å². The van der Waals surface area contributed by atoms with E-state index in [4.69, 9.17) is 16.3 Å². The molecular formula is C18H25Cl3N2O. The zero-order valence-electron chi connectivity index (χ0n) is 14.0. The summed E-state index contributed by atoms with van der Waals surface area (Å²) in [6, 6.07) is 15.9. The molecule has 2 aromatic rings. The van der Waals surface area contributed by atoms with Crippen molar-refractivity contribution in [2.75, 3.05) is 27.2 Å². The van der Waals surface area contributed by atoms with Crippen molar-refractivity contribution in [3.05, 3.63) is 64.7 Å². The standard InChI is InChI=1S/C18H23ClN2O.2ClH/c1-21(2)11-10-20-13-16-12-17(19)8-9-18(16)22-14-15-6-4-3-5-7-15;;/h3-9,12,20H,10-11,13-14H2,1-2H3;2*1H. The fourth-order valence-corrected chi connectivity index (χ4v) is 2.28. The van der Waals surface area contributed by atoms with Crippen LogP contribution >= 0.6 is 36.4 Å². The molecule has 3 nitrogen and oxygen atoms in total. The van der Waals surface area contributed by atoms with Gasteiger partial charge >= 0.3 is 0 Å². The summed E-state index contributed by atoms with van der Waals surface area (Å²) in [7, 11) is 4.13. The third kappa shape index (κ3) is 8.22. The summed E-state index contributed by atoms with van der Waals surface area (Å²) in [4.78, 5) is 2.15. The molecule has 0 atom stereocenters. The molecule has 2 aromatic carbocycles. The molecule has 0 fully saturated rings. The second-order valence-corrected chi connectivity index (χ2v) is 5.94. The number of rotatable bonds is 8. The molecule has 1 N–H and O–H groups in total. The van der Waals surface area contributed by atoms with Gasteiger partial charge in [0.15, 0.2) is 0 Å². The van der Waals surface area contributed by atoms with E-state index in [1.807, 2.05) is 36.4 Å². The van der Waals surface area contributed by atoms with Crippen molar-refractivity contribution in [2.24, 2.45) is 0 Å². The molecule has 0 spiro atoms. The van der Waals surface area contributed by atoms with E-state index in [1.54, 1.807) is 0 Å². The van der Waals surface area contributed by atoms with Crippen LogP contribution < -0.4 is 10.1 Å². The lowest BCUT2D eigenvalue weighted by Gasteiger charge is -2.14. The molecule has 0 aliphatic heterocycles. The van der Waals surface area contributed by atoms with Crippen LogP contribution in [-0.4, -0.2) is 32.1 Å². The lowest BCUT2D eigenvalue weighted by atomic mass is 10.2. The molecule has 0 bridgehead atoms. The molecule has 6 heteroatoms. The van der Waals surface area contributed by atoms with Gasteiger partial charge in [0.1, 0.15) is 12.4 Å². The Balaban J connectivity index is 0.00000264. The van der Waals surface area contributed by atoms with Gasteiger partial charge in [0.05, 0.1) is 0 Å². The van der Waals surface area contributed by atoms with Gasteiger partial charge in [-0.25, -0.2) is 0 Å². The van der Waals surface area contributed by atoms with E-state index < -0.39 is 0 Å². The molecule has 0 heterocycles. The van der Waals surface area contributed by atoms with Gasteiger partial charge < -0.3 is 15.0 Å². The van der Waals surface area contributed by atoms with E-state index in [-0.39, 0.29) is 24.8 Å². The fourth-order valence-electron chi connectivity index (χ4n) is 2.09. The highest BCUT2D eigenvalue weighted by Crippen LogP contribution is 2.23. The number of nitrogens with one attached hydrogen (secondary N) is 1. The molecule has 134 valence electrons. The maximum absolute atomic E-state index is 6.11. The summed E-state index contributed by atoms with van der Waals surface area (Å²) in [5, 5.41) is 4.15. The van der Waals surface area contributed by atoms with Gasteiger partial charge in [0.2, 0.25) is 0 Å². The molecule has 24 heavy (non-hydrogen) atoms. The van der Waals surface area contributed by atoms with Gasteiger partial charge in [-0.05, 0) is 37.9 Å². The van der Waals surface area contributed by atoms with Crippen molar-refractivity contribution < 1.29 is 4.74 Å². The Hall–Kier alpha value is -0.970. The molecule has 0 aliphatic rings. The summed E-state index contributed by atoms with van der Waals surface area (Å²) in [5.41, 5.74) is 2.24. The largest absolute Gasteiger partial charge is 0.489 e. The predicted octanol–water partition coefficient (Wildman–Crippen LogP) is 4.41. The smallest absolute Gasteiger partial charge is 0.124 e. The van der Waals surface area contributed by atoms with Gasteiger partial charge in [-0.1, -0.05) is 41.9 Å². The Morgan fingerprint density at radius 1 is 1.04 bits per heavy atom. The zero-order valence-corrected chi connectivity index (χ0v) is 16.4. The molecule has 0 unspecified atom stereocenters. The Morgan fingerprint density at radius 2 is 1.75 bits per heavy atom. The predicted molar refractivity (Wildman–Crippen MR) is 107 cm³/mol. The summed E-state index contributed by atoms with van der Waals surface area (Å²) < 4.78 is 5.95. The maximum Gasteiger partial charge on any atom is 0.124 e. The first-order valence-electron chi connectivity index (χ1n) is 7.46. The zero-order chi connectivity index (χ0) is 15.8. The normalized spacial score (nSPS) is 10.0. The number of nitrogens with zero attached hydrogens (tertiary/aromatic N) is 1. The van der Waals surface area contributed by atoms with Gasteiger partial charge in [-0.3, -0.25) is 0 Å². The SMILES string of the molecule is CN(C)CCNCc1cc(Cl)ccc1OCc1ccccc1.Cl.Cl. The minimum atomic E-state index is 0. The minimum Gasteiger partial charge on any atom is -0.489 e. The van der Waals surface area contributed by atoms with Gasteiger partial charge in [-0.2, -0.15) is 0 Å². The van der Waals surface area contributed by atoms with E-state index in [2.05, 4.69) is 36.4 Å². The van der Waals surface area contributed by atoms with Crippen molar-refractivity contribution in [1.82, 2.24) is 10.2 Å². The summed E-state index contributed by atoms with van der Waals surface area (Å²) >= 11 is 6.11. The number of halogens is 3. The first-order chi connectivity index (χ1) is 10.6. The molecule has 0 saturated heterocycles. The average Bonchev–Trinajstić information content (AvgIpc) is 2.51. The number of hydrogen-bond donors (Lipinski definition) is 1. The molecule has 0 amide bonds. The molecule has 0 saturated carbocycles. The Kier molecular flexibility index (Phi) is 11.9. The molecular weight excluding hydrogens is 367 g/mol. The third-order valence-electron chi connectivity index (χ3n) is 3.31. The molecule has 2 rings (SSSR count). The van der Waals surface area contributed by atoms with E-state index in [9.17, 15) is 0 Å². The van der Waals surface area contributed by atoms with Crippen LogP contribution in [0.5, 0.6) is 5.75 Å². The van der Waals surface area contributed by atoms with E-state index >= 15 is 0 Å². The number of hydrogen-bond acceptors (Lipinski definition) is 3. The van der Waals surface area contributed by atoms with Crippen LogP contribution in [0.3, 0.4) is 0 Å². The Morgan fingerprint density at radius 3 is 2.42 bits per heavy atom. The first-order valence-corrected chi connectivity index (χ1v) is 7.83. The quantitative estimate of drug-likeness (QED) is 0.674. The summed E-state index contributed by atoms with van der Waals surface area (Å²) in [5.74, 6) is 0.880. The van der Waals surface area contributed by atoms with Crippen LogP contribution in [0.2, 0.25) is 5.02 Å². The monoisotopic (exact) mass is 390 g/mol. The molecule has 0 aliphatic carbocycles. The highest BCUT2D eigenvalue weighted by atomic mass is 35.5. The third-order valence-corrected chi connectivity index (χ3v) is 3.55. The summed E-state index contributed by atoms with van der Waals surface area (Å²) in [6.07, 6.45) is 0. The maximum atomic E-state index is 6.11. The summed E-state index contributed by atoms with van der Waals surface area (Å²) in [6.45, 7) is 3.24. The van der Waals surface area contributed by atoms with Crippen molar-refractivity contribution in [3.63, 3.8) is 0 Å². The van der Waals surface area contributed by atoms with Crippen LogP contribution in [0.25, 0.3) is 0 Å². The lowest BCUT2D eigenvalue weighted by molar-refractivity contribution is 0.302. The van der Waals surface area contributed by atoms with Gasteiger partial charge in [0.25, 0.3) is 0 Å². The van der Waals surface area contributed by atoms with E-state index in [0.717, 1.165) is 41.5 Å². The Labute approximate surface area is 162 Å².